The van der Waals surface area contributed by atoms with Gasteiger partial charge >= 0.3 is 5.97 Å². The molecule has 5 fully saturated rings. The first-order valence-corrected chi connectivity index (χ1v) is 7.37. The topological polar surface area (TPSA) is 26.3 Å². The number of carbonyl (C=O) groups excluding carboxylic acids is 1. The van der Waals surface area contributed by atoms with E-state index in [1.165, 1.54) is 32.1 Å². The first kappa shape index (κ1) is 11.1. The van der Waals surface area contributed by atoms with Crippen LogP contribution in [-0.2, 0) is 9.53 Å². The van der Waals surface area contributed by atoms with Gasteiger partial charge in [-0.05, 0) is 56.8 Å². The summed E-state index contributed by atoms with van der Waals surface area (Å²) in [5.74, 6) is 1.40. The van der Waals surface area contributed by atoms with E-state index in [1.807, 2.05) is 0 Å². The molecule has 98 valence electrons. The summed E-state index contributed by atoms with van der Waals surface area (Å²) in [6.07, 6.45) is 7.66. The Morgan fingerprint density at radius 3 is 2.78 bits per heavy atom. The van der Waals surface area contributed by atoms with Crippen molar-refractivity contribution in [1.29, 1.82) is 0 Å². The zero-order chi connectivity index (χ0) is 12.8. The Hall–Kier alpha value is -0.790. The minimum atomic E-state index is -0.163. The van der Waals surface area contributed by atoms with E-state index in [0.29, 0.717) is 22.3 Å². The van der Waals surface area contributed by atoms with Gasteiger partial charge in [-0.15, -0.1) is 0 Å². The Bertz CT molecular complexity index is 468. The second-order valence-electron chi connectivity index (χ2n) is 7.36. The van der Waals surface area contributed by atoms with Crippen LogP contribution in [0.15, 0.2) is 12.2 Å². The van der Waals surface area contributed by atoms with Crippen molar-refractivity contribution in [2.75, 3.05) is 0 Å². The molecule has 5 saturated carbocycles. The fourth-order valence-electron chi connectivity index (χ4n) is 6.33. The minimum Gasteiger partial charge on any atom is -0.455 e. The lowest BCUT2D eigenvalue weighted by Crippen LogP contribution is -2.50. The van der Waals surface area contributed by atoms with Crippen molar-refractivity contribution in [2.24, 2.45) is 22.7 Å². The third-order valence-electron chi connectivity index (χ3n) is 6.72. The molecule has 0 aromatic rings. The molecule has 5 rings (SSSR count). The molecule has 5 unspecified atom stereocenters. The molecule has 0 heterocycles. The van der Waals surface area contributed by atoms with E-state index in [-0.39, 0.29) is 11.6 Å². The van der Waals surface area contributed by atoms with Gasteiger partial charge in [0.1, 0.15) is 5.60 Å². The number of hydrogen-bond acceptors (Lipinski definition) is 2. The quantitative estimate of drug-likeness (QED) is 0.563. The van der Waals surface area contributed by atoms with Gasteiger partial charge in [-0.2, -0.15) is 0 Å². The van der Waals surface area contributed by atoms with Crippen LogP contribution in [0, 0.1) is 22.7 Å². The zero-order valence-electron chi connectivity index (χ0n) is 11.4. The second-order valence-corrected chi connectivity index (χ2v) is 7.36. The third-order valence-corrected chi connectivity index (χ3v) is 6.72. The van der Waals surface area contributed by atoms with E-state index in [9.17, 15) is 4.79 Å². The molecule has 4 bridgehead atoms. The van der Waals surface area contributed by atoms with Crippen molar-refractivity contribution in [2.45, 2.75) is 58.0 Å². The van der Waals surface area contributed by atoms with Gasteiger partial charge in [0.05, 0.1) is 0 Å². The van der Waals surface area contributed by atoms with Crippen molar-refractivity contribution in [3.8, 4) is 0 Å². The molecule has 2 spiro atoms. The molecule has 5 atom stereocenters. The largest absolute Gasteiger partial charge is 0.455 e. The summed E-state index contributed by atoms with van der Waals surface area (Å²) in [5, 5.41) is 0. The highest BCUT2D eigenvalue weighted by molar-refractivity contribution is 5.87. The lowest BCUT2D eigenvalue weighted by Gasteiger charge is -2.47. The SMILES string of the molecule is C=C(C)C(=O)OC1(CC)C2CC3CC4(C2)CC41C3. The van der Waals surface area contributed by atoms with E-state index in [1.54, 1.807) is 6.92 Å². The van der Waals surface area contributed by atoms with E-state index >= 15 is 0 Å². The van der Waals surface area contributed by atoms with Gasteiger partial charge in [-0.1, -0.05) is 13.5 Å². The molecule has 2 nitrogen and oxygen atoms in total. The lowest BCUT2D eigenvalue weighted by molar-refractivity contribution is -0.177. The van der Waals surface area contributed by atoms with Gasteiger partial charge in [0.2, 0.25) is 0 Å². The van der Waals surface area contributed by atoms with Crippen molar-refractivity contribution in [3.63, 3.8) is 0 Å². The number of esters is 1. The summed E-state index contributed by atoms with van der Waals surface area (Å²) >= 11 is 0. The molecule has 18 heavy (non-hydrogen) atoms. The standard InChI is InChI=1S/C16H22O2/c1-4-16(18-13(17)10(2)3)12-5-11-6-14(8-12)9-15(14,16)7-11/h11-12H,2,4-9H2,1,3H3. The van der Waals surface area contributed by atoms with Crippen molar-refractivity contribution < 1.29 is 9.53 Å². The van der Waals surface area contributed by atoms with Crippen molar-refractivity contribution in [1.82, 2.24) is 0 Å². The molecule has 0 aromatic carbocycles. The van der Waals surface area contributed by atoms with E-state index in [0.717, 1.165) is 12.3 Å². The maximum atomic E-state index is 12.1. The van der Waals surface area contributed by atoms with Crippen LogP contribution in [0.4, 0.5) is 0 Å². The van der Waals surface area contributed by atoms with E-state index < -0.39 is 0 Å². The fourth-order valence-corrected chi connectivity index (χ4v) is 6.33. The van der Waals surface area contributed by atoms with Crippen LogP contribution in [0.3, 0.4) is 0 Å². The molecule has 5 aliphatic rings. The second kappa shape index (κ2) is 2.86. The monoisotopic (exact) mass is 246 g/mol. The van der Waals surface area contributed by atoms with Gasteiger partial charge in [-0.25, -0.2) is 4.79 Å². The maximum Gasteiger partial charge on any atom is 0.333 e. The minimum absolute atomic E-state index is 0.143. The molecule has 0 aromatic heterocycles. The molecule has 0 radical (unpaired) electrons. The Kier molecular flexibility index (Phi) is 1.76. The molecule has 0 amide bonds. The third kappa shape index (κ3) is 0.906. The molecule has 0 N–H and O–H groups in total. The highest BCUT2D eigenvalue weighted by Gasteiger charge is 2.88. The van der Waals surface area contributed by atoms with Gasteiger partial charge in [-0.3, -0.25) is 0 Å². The zero-order valence-corrected chi connectivity index (χ0v) is 11.4. The van der Waals surface area contributed by atoms with Crippen molar-refractivity contribution >= 4 is 5.97 Å². The van der Waals surface area contributed by atoms with Crippen LogP contribution in [0.2, 0.25) is 0 Å². The lowest BCUT2D eigenvalue weighted by atomic mass is 9.64. The van der Waals surface area contributed by atoms with Crippen LogP contribution in [0.5, 0.6) is 0 Å². The van der Waals surface area contributed by atoms with Crippen LogP contribution in [0.25, 0.3) is 0 Å². The first-order chi connectivity index (χ1) is 8.49. The van der Waals surface area contributed by atoms with Crippen LogP contribution in [0.1, 0.15) is 52.4 Å². The summed E-state index contributed by atoms with van der Waals surface area (Å²) in [6.45, 7) is 7.72. The Balaban J connectivity index is 1.74. The number of rotatable bonds is 3. The predicted octanol–water partition coefficient (Wildman–Crippen LogP) is 3.46. The van der Waals surface area contributed by atoms with Gasteiger partial charge in [0, 0.05) is 16.9 Å². The van der Waals surface area contributed by atoms with Gasteiger partial charge in [0.25, 0.3) is 0 Å². The van der Waals surface area contributed by atoms with Crippen LogP contribution >= 0.6 is 0 Å². The Morgan fingerprint density at radius 1 is 1.39 bits per heavy atom. The van der Waals surface area contributed by atoms with E-state index in [4.69, 9.17) is 4.74 Å². The predicted molar refractivity (Wildman–Crippen MR) is 68.9 cm³/mol. The summed E-state index contributed by atoms with van der Waals surface area (Å²) < 4.78 is 6.07. The highest BCUT2D eigenvalue weighted by atomic mass is 16.6. The summed E-state index contributed by atoms with van der Waals surface area (Å²) in [5.41, 5.74) is 1.35. The first-order valence-electron chi connectivity index (χ1n) is 7.37. The molecular formula is C16H22O2. The maximum absolute atomic E-state index is 12.1. The summed E-state index contributed by atoms with van der Waals surface area (Å²) in [4.78, 5) is 12.1. The molecular weight excluding hydrogens is 224 g/mol. The number of ether oxygens (including phenoxy) is 1. The van der Waals surface area contributed by atoms with E-state index in [2.05, 4.69) is 13.5 Å². The average Bonchev–Trinajstić information content (AvgIpc) is 2.78. The Morgan fingerprint density at radius 2 is 2.17 bits per heavy atom. The molecule has 2 heteroatoms. The van der Waals surface area contributed by atoms with Crippen LogP contribution < -0.4 is 0 Å². The summed E-state index contributed by atoms with van der Waals surface area (Å²) in [7, 11) is 0. The van der Waals surface area contributed by atoms with Gasteiger partial charge < -0.3 is 4.74 Å². The number of hydrogen-bond donors (Lipinski definition) is 0. The molecule has 5 aliphatic carbocycles. The highest BCUT2D eigenvalue weighted by Crippen LogP contribution is 2.91. The molecule has 0 saturated heterocycles. The Labute approximate surface area is 109 Å². The molecule has 0 aliphatic heterocycles. The van der Waals surface area contributed by atoms with Gasteiger partial charge in [0.15, 0.2) is 0 Å². The fraction of sp³-hybridized carbons (Fsp3) is 0.812. The normalized spacial score (nSPS) is 54.3. The average molecular weight is 246 g/mol. The van der Waals surface area contributed by atoms with Crippen molar-refractivity contribution in [3.05, 3.63) is 12.2 Å². The number of carbonyl (C=O) groups is 1. The van der Waals surface area contributed by atoms with Crippen LogP contribution in [-0.4, -0.2) is 11.6 Å². The summed E-state index contributed by atoms with van der Waals surface area (Å²) in [6, 6.07) is 0. The smallest absolute Gasteiger partial charge is 0.333 e.